The summed E-state index contributed by atoms with van der Waals surface area (Å²) in [7, 11) is 1.78. The van der Waals surface area contributed by atoms with E-state index in [0.29, 0.717) is 5.95 Å². The maximum absolute atomic E-state index is 8.58. The van der Waals surface area contributed by atoms with E-state index in [1.165, 1.54) is 0 Å². The zero-order valence-corrected chi connectivity index (χ0v) is 9.41. The Labute approximate surface area is 99.4 Å². The molecule has 0 aromatic carbocycles. The first-order chi connectivity index (χ1) is 8.31. The van der Waals surface area contributed by atoms with E-state index >= 15 is 0 Å². The van der Waals surface area contributed by atoms with E-state index in [4.69, 9.17) is 5.26 Å². The molecule has 0 spiro atoms. The van der Waals surface area contributed by atoms with Gasteiger partial charge in [-0.15, -0.1) is 0 Å². The third kappa shape index (κ3) is 2.55. The molecule has 0 saturated carbocycles. The van der Waals surface area contributed by atoms with Gasteiger partial charge in [0.15, 0.2) is 0 Å². The zero-order chi connectivity index (χ0) is 12.1. The van der Waals surface area contributed by atoms with Crippen molar-refractivity contribution in [3.63, 3.8) is 0 Å². The summed E-state index contributed by atoms with van der Waals surface area (Å²) in [5, 5.41) is 8.58. The van der Waals surface area contributed by atoms with Crippen LogP contribution >= 0.6 is 0 Å². The molecule has 0 amide bonds. The highest BCUT2D eigenvalue weighted by molar-refractivity contribution is 5.61. The molecule has 0 atom stereocenters. The van der Waals surface area contributed by atoms with Gasteiger partial charge in [0, 0.05) is 37.4 Å². The average Bonchev–Trinajstić information content (AvgIpc) is 2.40. The van der Waals surface area contributed by atoms with Gasteiger partial charge in [0.05, 0.1) is 6.07 Å². The minimum atomic E-state index is 0.272. The predicted molar refractivity (Wildman–Crippen MR) is 64.1 cm³/mol. The van der Waals surface area contributed by atoms with E-state index in [0.717, 1.165) is 11.1 Å². The van der Waals surface area contributed by atoms with Gasteiger partial charge in [0.25, 0.3) is 0 Å². The van der Waals surface area contributed by atoms with Gasteiger partial charge in [-0.25, -0.2) is 9.97 Å². The van der Waals surface area contributed by atoms with E-state index in [2.05, 4.69) is 15.0 Å². The normalized spacial score (nSPS) is 9.65. The highest BCUT2D eigenvalue weighted by Crippen LogP contribution is 2.17. The number of hydrogen-bond acceptors (Lipinski definition) is 5. The molecule has 0 aliphatic heterocycles. The van der Waals surface area contributed by atoms with E-state index < -0.39 is 0 Å². The first kappa shape index (κ1) is 11.0. The van der Waals surface area contributed by atoms with Crippen LogP contribution in [0.5, 0.6) is 0 Å². The molecule has 0 aliphatic carbocycles. The molecule has 84 valence electrons. The molecule has 2 rings (SSSR count). The smallest absolute Gasteiger partial charge is 0.225 e. The van der Waals surface area contributed by atoms with Crippen molar-refractivity contribution in [3.05, 3.63) is 36.9 Å². The van der Waals surface area contributed by atoms with E-state index in [9.17, 15) is 0 Å². The standard InChI is InChI=1S/C12H11N5/c1-17(7-4-13)12-15-8-11(9-16-12)10-2-5-14-6-3-10/h2-3,5-6,8-9H,7H2,1H3. The van der Waals surface area contributed by atoms with Crippen molar-refractivity contribution in [3.8, 4) is 17.2 Å². The fourth-order valence-corrected chi connectivity index (χ4v) is 1.39. The predicted octanol–water partition coefficient (Wildman–Crippen LogP) is 1.50. The Balaban J connectivity index is 2.22. The molecule has 17 heavy (non-hydrogen) atoms. The van der Waals surface area contributed by atoms with Gasteiger partial charge in [-0.05, 0) is 17.7 Å². The van der Waals surface area contributed by atoms with Gasteiger partial charge < -0.3 is 4.90 Å². The highest BCUT2D eigenvalue weighted by atomic mass is 15.2. The van der Waals surface area contributed by atoms with E-state index in [1.807, 2.05) is 18.2 Å². The summed E-state index contributed by atoms with van der Waals surface area (Å²) in [5.41, 5.74) is 1.95. The Hall–Kier alpha value is -2.48. The van der Waals surface area contributed by atoms with Crippen LogP contribution in [0.3, 0.4) is 0 Å². The molecular weight excluding hydrogens is 214 g/mol. The SMILES string of the molecule is CN(CC#N)c1ncc(-c2ccncc2)cn1. The lowest BCUT2D eigenvalue weighted by Crippen LogP contribution is -2.19. The van der Waals surface area contributed by atoms with Crippen molar-refractivity contribution in [2.45, 2.75) is 0 Å². The van der Waals surface area contributed by atoms with Crippen LogP contribution in [0.1, 0.15) is 0 Å². The monoisotopic (exact) mass is 225 g/mol. The molecule has 5 nitrogen and oxygen atoms in total. The van der Waals surface area contributed by atoms with Gasteiger partial charge in [0.2, 0.25) is 5.95 Å². The molecule has 0 bridgehead atoms. The Bertz CT molecular complexity index is 515. The summed E-state index contributed by atoms with van der Waals surface area (Å²) in [5.74, 6) is 0.546. The molecule has 2 heterocycles. The fraction of sp³-hybridized carbons (Fsp3) is 0.167. The Morgan fingerprint density at radius 2 is 1.82 bits per heavy atom. The molecule has 2 aromatic rings. The second kappa shape index (κ2) is 5.03. The van der Waals surface area contributed by atoms with Crippen LogP contribution in [-0.2, 0) is 0 Å². The molecule has 0 unspecified atom stereocenters. The third-order valence-corrected chi connectivity index (χ3v) is 2.30. The van der Waals surface area contributed by atoms with Gasteiger partial charge in [-0.2, -0.15) is 5.26 Å². The van der Waals surface area contributed by atoms with Crippen LogP contribution in [0.4, 0.5) is 5.95 Å². The summed E-state index contributed by atoms with van der Waals surface area (Å²) in [6, 6.07) is 5.85. The van der Waals surface area contributed by atoms with Crippen molar-refractivity contribution in [2.24, 2.45) is 0 Å². The molecule has 0 radical (unpaired) electrons. The third-order valence-electron chi connectivity index (χ3n) is 2.30. The number of pyridine rings is 1. The fourth-order valence-electron chi connectivity index (χ4n) is 1.39. The zero-order valence-electron chi connectivity index (χ0n) is 9.41. The van der Waals surface area contributed by atoms with Crippen LogP contribution in [0.2, 0.25) is 0 Å². The maximum Gasteiger partial charge on any atom is 0.225 e. The largest absolute Gasteiger partial charge is 0.331 e. The summed E-state index contributed by atoms with van der Waals surface area (Å²) in [4.78, 5) is 14.1. The topological polar surface area (TPSA) is 65.7 Å². The van der Waals surface area contributed by atoms with E-state index in [-0.39, 0.29) is 6.54 Å². The molecule has 2 aromatic heterocycles. The lowest BCUT2D eigenvalue weighted by atomic mass is 10.1. The molecule has 0 saturated heterocycles. The quantitative estimate of drug-likeness (QED) is 0.740. The van der Waals surface area contributed by atoms with Crippen molar-refractivity contribution in [1.82, 2.24) is 15.0 Å². The van der Waals surface area contributed by atoms with Crippen molar-refractivity contribution in [1.29, 1.82) is 5.26 Å². The molecular formula is C12H11N5. The minimum Gasteiger partial charge on any atom is -0.331 e. The molecule has 0 N–H and O–H groups in total. The second-order valence-corrected chi connectivity index (χ2v) is 3.52. The first-order valence-electron chi connectivity index (χ1n) is 5.12. The summed E-state index contributed by atoms with van der Waals surface area (Å²) >= 11 is 0. The van der Waals surface area contributed by atoms with Gasteiger partial charge in [0.1, 0.15) is 6.54 Å². The van der Waals surface area contributed by atoms with E-state index in [1.54, 1.807) is 36.7 Å². The van der Waals surface area contributed by atoms with Crippen LogP contribution in [0.15, 0.2) is 36.9 Å². The van der Waals surface area contributed by atoms with Crippen molar-refractivity contribution >= 4 is 5.95 Å². The van der Waals surface area contributed by atoms with Crippen molar-refractivity contribution in [2.75, 3.05) is 18.5 Å². The molecule has 0 fully saturated rings. The second-order valence-electron chi connectivity index (χ2n) is 3.52. The Kier molecular flexibility index (Phi) is 3.26. The first-order valence-corrected chi connectivity index (χ1v) is 5.12. The number of hydrogen-bond donors (Lipinski definition) is 0. The highest BCUT2D eigenvalue weighted by Gasteiger charge is 2.04. The lowest BCUT2D eigenvalue weighted by Gasteiger charge is -2.12. The number of anilines is 1. The number of rotatable bonds is 3. The van der Waals surface area contributed by atoms with Crippen LogP contribution in [0.25, 0.3) is 11.1 Å². The van der Waals surface area contributed by atoms with Gasteiger partial charge in [-0.1, -0.05) is 0 Å². The van der Waals surface area contributed by atoms with Crippen LogP contribution in [-0.4, -0.2) is 28.5 Å². The lowest BCUT2D eigenvalue weighted by molar-refractivity contribution is 0.947. The minimum absolute atomic E-state index is 0.272. The average molecular weight is 225 g/mol. The number of nitriles is 1. The molecule has 5 heteroatoms. The Morgan fingerprint density at radius 1 is 1.18 bits per heavy atom. The summed E-state index contributed by atoms with van der Waals surface area (Å²) in [6.45, 7) is 0.272. The van der Waals surface area contributed by atoms with Crippen LogP contribution < -0.4 is 4.90 Å². The Morgan fingerprint density at radius 3 is 2.41 bits per heavy atom. The van der Waals surface area contributed by atoms with Gasteiger partial charge >= 0.3 is 0 Å². The number of aromatic nitrogens is 3. The maximum atomic E-state index is 8.58. The number of nitrogens with zero attached hydrogens (tertiary/aromatic N) is 5. The summed E-state index contributed by atoms with van der Waals surface area (Å²) < 4.78 is 0. The van der Waals surface area contributed by atoms with Crippen molar-refractivity contribution < 1.29 is 0 Å². The summed E-state index contributed by atoms with van der Waals surface area (Å²) in [6.07, 6.45) is 6.94. The molecule has 0 aliphatic rings. The van der Waals surface area contributed by atoms with Gasteiger partial charge in [-0.3, -0.25) is 4.98 Å². The van der Waals surface area contributed by atoms with Crippen LogP contribution in [0, 0.1) is 11.3 Å².